The molecule has 0 aliphatic carbocycles. The van der Waals surface area contributed by atoms with E-state index in [4.69, 9.17) is 9.94 Å². The Bertz CT molecular complexity index is 322. The molecule has 68 valence electrons. The Hall–Kier alpha value is -1.48. The van der Waals surface area contributed by atoms with Gasteiger partial charge in [-0.25, -0.2) is 5.06 Å². The number of para-hydroxylation sites is 1. The fourth-order valence-electron chi connectivity index (χ4n) is 1.24. The summed E-state index contributed by atoms with van der Waals surface area (Å²) in [6.45, 7) is 0.581. The van der Waals surface area contributed by atoms with Crippen LogP contribution in [-0.2, 0) is 0 Å². The van der Waals surface area contributed by atoms with Gasteiger partial charge in [-0.3, -0.25) is 0 Å². The average Bonchev–Trinajstić information content (AvgIpc) is 2.18. The van der Waals surface area contributed by atoms with Crippen LogP contribution in [0.5, 0.6) is 5.75 Å². The van der Waals surface area contributed by atoms with E-state index in [2.05, 4.69) is 0 Å². The van der Waals surface area contributed by atoms with Gasteiger partial charge in [0.1, 0.15) is 0 Å². The molecule has 0 radical (unpaired) electrons. The largest absolute Gasteiger partial charge is 0.394 e. The van der Waals surface area contributed by atoms with Gasteiger partial charge in [-0.05, 0) is 12.1 Å². The first-order chi connectivity index (χ1) is 6.40. The number of hydroxylamine groups is 2. The Labute approximate surface area is 76.8 Å². The van der Waals surface area contributed by atoms with Crippen LogP contribution in [0.2, 0.25) is 0 Å². The van der Waals surface area contributed by atoms with Crippen LogP contribution in [-0.4, -0.2) is 23.3 Å². The zero-order valence-corrected chi connectivity index (χ0v) is 7.18. The van der Waals surface area contributed by atoms with Gasteiger partial charge in [0.15, 0.2) is 5.75 Å². The van der Waals surface area contributed by atoms with Crippen molar-refractivity contribution in [2.24, 2.45) is 0 Å². The second-order valence-electron chi connectivity index (χ2n) is 2.81. The molecule has 0 aromatic heterocycles. The molecular weight excluding hydrogens is 166 g/mol. The minimum Gasteiger partial charge on any atom is -0.394 e. The van der Waals surface area contributed by atoms with Gasteiger partial charge in [-0.1, -0.05) is 18.2 Å². The molecule has 0 bridgehead atoms. The van der Waals surface area contributed by atoms with Crippen molar-refractivity contribution >= 4 is 6.08 Å². The number of hydrogen-bond acceptors (Lipinski definition) is 3. The fraction of sp³-hybridized carbons (Fsp3) is 0.200. The van der Waals surface area contributed by atoms with Crippen molar-refractivity contribution in [2.45, 2.75) is 0 Å². The third-order valence-electron chi connectivity index (χ3n) is 1.88. The molecule has 1 aromatic rings. The summed E-state index contributed by atoms with van der Waals surface area (Å²) < 4.78 is 0. The van der Waals surface area contributed by atoms with E-state index in [1.165, 1.54) is 0 Å². The number of rotatable bonds is 2. The Morgan fingerprint density at radius 3 is 3.00 bits per heavy atom. The molecule has 13 heavy (non-hydrogen) atoms. The summed E-state index contributed by atoms with van der Waals surface area (Å²) in [6.07, 6.45) is 3.78. The maximum atomic E-state index is 8.71. The number of nitrogens with zero attached hydrogens (tertiary/aromatic N) is 1. The second kappa shape index (κ2) is 3.49. The number of hydrogen-bond donors (Lipinski definition) is 1. The molecule has 0 saturated carbocycles. The van der Waals surface area contributed by atoms with Gasteiger partial charge in [-0.2, -0.15) is 0 Å². The number of benzene rings is 1. The number of β-amino-alcohol motifs (C(OH)–C–C–N with tert-alkyl or cyclic N) is 1. The van der Waals surface area contributed by atoms with Crippen LogP contribution < -0.4 is 4.84 Å². The van der Waals surface area contributed by atoms with Crippen molar-refractivity contribution in [2.75, 3.05) is 13.2 Å². The summed E-state index contributed by atoms with van der Waals surface area (Å²) in [5.74, 6) is 0.832. The van der Waals surface area contributed by atoms with Crippen LogP contribution in [0.4, 0.5) is 0 Å². The van der Waals surface area contributed by atoms with E-state index in [0.29, 0.717) is 6.54 Å². The monoisotopic (exact) mass is 177 g/mol. The number of fused-ring (bicyclic) bond motifs is 1. The predicted molar refractivity (Wildman–Crippen MR) is 49.9 cm³/mol. The fourth-order valence-corrected chi connectivity index (χ4v) is 1.24. The van der Waals surface area contributed by atoms with E-state index < -0.39 is 0 Å². The van der Waals surface area contributed by atoms with Crippen molar-refractivity contribution in [3.63, 3.8) is 0 Å². The molecule has 0 fully saturated rings. The second-order valence-corrected chi connectivity index (χ2v) is 2.81. The lowest BCUT2D eigenvalue weighted by molar-refractivity contribution is -0.0212. The predicted octanol–water partition coefficient (Wildman–Crippen LogP) is 1.26. The summed E-state index contributed by atoms with van der Waals surface area (Å²) >= 11 is 0. The highest BCUT2D eigenvalue weighted by Crippen LogP contribution is 2.24. The highest BCUT2D eigenvalue weighted by atomic mass is 16.7. The summed E-state index contributed by atoms with van der Waals surface area (Å²) in [5, 5.41) is 10.3. The van der Waals surface area contributed by atoms with Crippen LogP contribution in [0.25, 0.3) is 6.08 Å². The first kappa shape index (κ1) is 8.13. The van der Waals surface area contributed by atoms with Crippen LogP contribution >= 0.6 is 0 Å². The SMILES string of the molecule is OCCN1C=Cc2ccccc2O1. The summed E-state index contributed by atoms with van der Waals surface area (Å²) in [6, 6.07) is 7.79. The Morgan fingerprint density at radius 1 is 1.31 bits per heavy atom. The van der Waals surface area contributed by atoms with E-state index in [1.54, 1.807) is 5.06 Å². The third-order valence-corrected chi connectivity index (χ3v) is 1.88. The lowest BCUT2D eigenvalue weighted by Crippen LogP contribution is -2.26. The van der Waals surface area contributed by atoms with Crippen molar-refractivity contribution in [1.82, 2.24) is 5.06 Å². The van der Waals surface area contributed by atoms with Crippen LogP contribution in [0.3, 0.4) is 0 Å². The zero-order chi connectivity index (χ0) is 9.10. The summed E-state index contributed by atoms with van der Waals surface area (Å²) in [4.78, 5) is 5.46. The number of aliphatic hydroxyl groups is 1. The summed E-state index contributed by atoms with van der Waals surface area (Å²) in [7, 11) is 0. The van der Waals surface area contributed by atoms with Gasteiger partial charge in [-0.15, -0.1) is 0 Å². The normalized spacial score (nSPS) is 13.8. The topological polar surface area (TPSA) is 32.7 Å². The van der Waals surface area contributed by atoms with Crippen LogP contribution in [0, 0.1) is 0 Å². The molecule has 0 spiro atoms. The molecule has 1 aliphatic heterocycles. The average molecular weight is 177 g/mol. The molecule has 0 atom stereocenters. The number of aliphatic hydroxyl groups excluding tert-OH is 1. The van der Waals surface area contributed by atoms with Gasteiger partial charge in [0.05, 0.1) is 13.2 Å². The highest BCUT2D eigenvalue weighted by molar-refractivity contribution is 5.58. The first-order valence-corrected chi connectivity index (χ1v) is 4.23. The molecule has 1 aromatic carbocycles. The maximum Gasteiger partial charge on any atom is 0.162 e. The maximum absolute atomic E-state index is 8.71. The zero-order valence-electron chi connectivity index (χ0n) is 7.18. The van der Waals surface area contributed by atoms with Crippen molar-refractivity contribution < 1.29 is 9.94 Å². The highest BCUT2D eigenvalue weighted by Gasteiger charge is 2.09. The molecule has 3 heteroatoms. The smallest absolute Gasteiger partial charge is 0.162 e. The molecular formula is C10H11NO2. The first-order valence-electron chi connectivity index (χ1n) is 4.23. The lowest BCUT2D eigenvalue weighted by atomic mass is 10.2. The molecule has 1 aliphatic rings. The van der Waals surface area contributed by atoms with Crippen molar-refractivity contribution in [3.8, 4) is 5.75 Å². The Morgan fingerprint density at radius 2 is 2.15 bits per heavy atom. The van der Waals surface area contributed by atoms with Gasteiger partial charge in [0.25, 0.3) is 0 Å². The standard InChI is InChI=1S/C10H11NO2/c12-8-7-11-6-5-9-3-1-2-4-10(9)13-11/h1-6,12H,7-8H2. The molecule has 2 rings (SSSR count). The molecule has 0 saturated heterocycles. The summed E-state index contributed by atoms with van der Waals surface area (Å²) in [5.41, 5.74) is 1.07. The molecule has 1 N–H and O–H groups in total. The lowest BCUT2D eigenvalue weighted by Gasteiger charge is -2.24. The minimum absolute atomic E-state index is 0.0898. The van der Waals surface area contributed by atoms with Crippen molar-refractivity contribution in [1.29, 1.82) is 0 Å². The minimum atomic E-state index is 0.0898. The van der Waals surface area contributed by atoms with Gasteiger partial charge in [0, 0.05) is 11.8 Å². The molecule has 0 unspecified atom stereocenters. The van der Waals surface area contributed by atoms with Crippen LogP contribution in [0.1, 0.15) is 5.56 Å². The molecule has 1 heterocycles. The molecule has 0 amide bonds. The van der Waals surface area contributed by atoms with Crippen LogP contribution in [0.15, 0.2) is 30.5 Å². The Balaban J connectivity index is 2.19. The van der Waals surface area contributed by atoms with E-state index in [9.17, 15) is 0 Å². The van der Waals surface area contributed by atoms with Gasteiger partial charge >= 0.3 is 0 Å². The quantitative estimate of drug-likeness (QED) is 0.738. The van der Waals surface area contributed by atoms with Crippen molar-refractivity contribution in [3.05, 3.63) is 36.0 Å². The van der Waals surface area contributed by atoms with E-state index in [0.717, 1.165) is 11.3 Å². The Kier molecular flexibility index (Phi) is 2.19. The molecule has 3 nitrogen and oxygen atoms in total. The van der Waals surface area contributed by atoms with Gasteiger partial charge in [0.2, 0.25) is 0 Å². The third kappa shape index (κ3) is 1.65. The van der Waals surface area contributed by atoms with E-state index >= 15 is 0 Å². The van der Waals surface area contributed by atoms with Gasteiger partial charge < -0.3 is 9.94 Å². The van der Waals surface area contributed by atoms with E-state index in [1.807, 2.05) is 36.5 Å². The van der Waals surface area contributed by atoms with E-state index in [-0.39, 0.29) is 6.61 Å².